The summed E-state index contributed by atoms with van der Waals surface area (Å²) in [6, 6.07) is 0. The standard InChI is InChI=1S/C7H11O3P/c8-4-5-2-1-3-6(5)7(9)10-11/h2,6,8H,1,3-4,11H2/t6-/m1/s1. The van der Waals surface area contributed by atoms with Crippen LogP contribution in [0.1, 0.15) is 12.8 Å². The van der Waals surface area contributed by atoms with Gasteiger partial charge in [0.15, 0.2) is 0 Å². The molecule has 0 amide bonds. The number of carbonyl (C=O) groups excluding carboxylic acids is 1. The summed E-state index contributed by atoms with van der Waals surface area (Å²) in [5, 5.41) is 8.80. The van der Waals surface area contributed by atoms with Crippen molar-refractivity contribution < 1.29 is 14.4 Å². The van der Waals surface area contributed by atoms with Crippen LogP contribution in [0, 0.1) is 5.92 Å². The fourth-order valence-electron chi connectivity index (χ4n) is 1.29. The number of hydrogen-bond donors (Lipinski definition) is 1. The van der Waals surface area contributed by atoms with Crippen molar-refractivity contribution in [1.82, 2.24) is 0 Å². The molecule has 2 atom stereocenters. The van der Waals surface area contributed by atoms with Crippen LogP contribution in [-0.2, 0) is 9.32 Å². The molecule has 0 aromatic carbocycles. The second-order valence-corrected chi connectivity index (χ2v) is 2.74. The maximum absolute atomic E-state index is 11.0. The Balaban J connectivity index is 2.59. The molecule has 11 heavy (non-hydrogen) atoms. The highest BCUT2D eigenvalue weighted by molar-refractivity contribution is 7.10. The molecule has 1 aliphatic carbocycles. The fourth-order valence-corrected chi connectivity index (χ4v) is 1.45. The van der Waals surface area contributed by atoms with Crippen molar-refractivity contribution in [2.24, 2.45) is 5.92 Å². The molecule has 0 saturated carbocycles. The Bertz CT molecular complexity index is 188. The van der Waals surface area contributed by atoms with Crippen molar-refractivity contribution in [3.05, 3.63) is 11.6 Å². The maximum atomic E-state index is 11.0. The quantitative estimate of drug-likeness (QED) is 0.493. The van der Waals surface area contributed by atoms with Crippen LogP contribution < -0.4 is 0 Å². The summed E-state index contributed by atoms with van der Waals surface area (Å²) in [5.41, 5.74) is 0.789. The summed E-state index contributed by atoms with van der Waals surface area (Å²) in [7, 11) is 1.93. The van der Waals surface area contributed by atoms with Crippen LogP contribution in [0.5, 0.6) is 0 Å². The third-order valence-corrected chi connectivity index (χ3v) is 2.13. The molecule has 0 saturated heterocycles. The van der Waals surface area contributed by atoms with Gasteiger partial charge in [0.2, 0.25) is 0 Å². The summed E-state index contributed by atoms with van der Waals surface area (Å²) in [6.07, 6.45) is 3.52. The zero-order valence-corrected chi connectivity index (χ0v) is 7.27. The Morgan fingerprint density at radius 3 is 3.18 bits per heavy atom. The monoisotopic (exact) mass is 174 g/mol. The van der Waals surface area contributed by atoms with Crippen LogP contribution in [0.4, 0.5) is 0 Å². The first kappa shape index (κ1) is 8.69. The molecule has 0 aliphatic heterocycles. The van der Waals surface area contributed by atoms with Crippen molar-refractivity contribution in [2.75, 3.05) is 6.61 Å². The van der Waals surface area contributed by atoms with E-state index >= 15 is 0 Å². The second-order valence-electron chi connectivity index (χ2n) is 2.50. The van der Waals surface area contributed by atoms with Gasteiger partial charge in [-0.3, -0.25) is 4.79 Å². The molecule has 0 aromatic rings. The van der Waals surface area contributed by atoms with Gasteiger partial charge in [-0.1, -0.05) is 6.08 Å². The Hall–Kier alpha value is -0.400. The molecule has 0 spiro atoms. The van der Waals surface area contributed by atoms with Crippen LogP contribution >= 0.6 is 9.47 Å². The zero-order chi connectivity index (χ0) is 8.27. The van der Waals surface area contributed by atoms with Crippen LogP contribution in [0.3, 0.4) is 0 Å². The summed E-state index contributed by atoms with van der Waals surface area (Å²) < 4.78 is 4.49. The van der Waals surface area contributed by atoms with Gasteiger partial charge < -0.3 is 9.63 Å². The molecule has 62 valence electrons. The molecule has 4 heteroatoms. The Morgan fingerprint density at radius 2 is 2.64 bits per heavy atom. The van der Waals surface area contributed by atoms with E-state index in [1.165, 1.54) is 0 Å². The Morgan fingerprint density at radius 1 is 1.91 bits per heavy atom. The molecule has 1 rings (SSSR count). The van der Waals surface area contributed by atoms with E-state index in [4.69, 9.17) is 5.11 Å². The topological polar surface area (TPSA) is 46.5 Å². The normalized spacial score (nSPS) is 23.1. The van der Waals surface area contributed by atoms with E-state index in [0.29, 0.717) is 0 Å². The molecule has 0 fully saturated rings. The smallest absolute Gasteiger partial charge is 0.315 e. The lowest BCUT2D eigenvalue weighted by Gasteiger charge is -2.09. The minimum Gasteiger partial charge on any atom is -0.451 e. The largest absolute Gasteiger partial charge is 0.451 e. The lowest BCUT2D eigenvalue weighted by molar-refractivity contribution is -0.136. The number of hydrogen-bond acceptors (Lipinski definition) is 3. The molecule has 0 aromatic heterocycles. The summed E-state index contributed by atoms with van der Waals surface area (Å²) in [5.74, 6) is -0.481. The molecule has 1 aliphatic rings. The number of rotatable bonds is 2. The van der Waals surface area contributed by atoms with Crippen molar-refractivity contribution >= 4 is 15.4 Å². The average Bonchev–Trinajstić information content (AvgIpc) is 2.50. The molecular weight excluding hydrogens is 163 g/mol. The number of aliphatic hydroxyl groups is 1. The van der Waals surface area contributed by atoms with Crippen LogP contribution in [0.15, 0.2) is 11.6 Å². The van der Waals surface area contributed by atoms with E-state index < -0.39 is 0 Å². The van der Waals surface area contributed by atoms with Gasteiger partial charge in [-0.2, -0.15) is 0 Å². The highest BCUT2D eigenvalue weighted by atomic mass is 31.0. The lowest BCUT2D eigenvalue weighted by Crippen LogP contribution is -2.15. The van der Waals surface area contributed by atoms with Gasteiger partial charge in [-0.15, -0.1) is 0 Å². The van der Waals surface area contributed by atoms with Gasteiger partial charge in [-0.25, -0.2) is 0 Å². The minimum atomic E-state index is -0.271. The van der Waals surface area contributed by atoms with Crippen molar-refractivity contribution in [1.29, 1.82) is 0 Å². The molecule has 0 bridgehead atoms. The minimum absolute atomic E-state index is 0.0373. The van der Waals surface area contributed by atoms with E-state index in [9.17, 15) is 4.79 Å². The van der Waals surface area contributed by atoms with Gasteiger partial charge in [0.05, 0.1) is 22.0 Å². The molecular formula is C7H11O3P. The summed E-state index contributed by atoms with van der Waals surface area (Å²) >= 11 is 0. The SMILES string of the molecule is O=C(OP)[C@@H]1CCC=C1CO. The molecule has 0 heterocycles. The Labute approximate surface area is 67.7 Å². The highest BCUT2D eigenvalue weighted by Crippen LogP contribution is 2.26. The van der Waals surface area contributed by atoms with Crippen LogP contribution in [0.25, 0.3) is 0 Å². The van der Waals surface area contributed by atoms with Gasteiger partial charge in [-0.05, 0) is 18.4 Å². The molecule has 1 N–H and O–H groups in total. The predicted molar refractivity (Wildman–Crippen MR) is 43.7 cm³/mol. The van der Waals surface area contributed by atoms with Crippen molar-refractivity contribution in [3.63, 3.8) is 0 Å². The van der Waals surface area contributed by atoms with E-state index in [1.807, 2.05) is 15.5 Å². The van der Waals surface area contributed by atoms with Crippen LogP contribution in [0.2, 0.25) is 0 Å². The predicted octanol–water partition coefficient (Wildman–Crippen LogP) is 0.648. The number of carbonyl (C=O) groups is 1. The third-order valence-electron chi connectivity index (χ3n) is 1.89. The average molecular weight is 174 g/mol. The van der Waals surface area contributed by atoms with Crippen molar-refractivity contribution in [2.45, 2.75) is 12.8 Å². The first-order chi connectivity index (χ1) is 5.29. The van der Waals surface area contributed by atoms with Gasteiger partial charge >= 0.3 is 5.97 Å². The first-order valence-electron chi connectivity index (χ1n) is 3.50. The number of aliphatic hydroxyl groups excluding tert-OH is 1. The first-order valence-corrected chi connectivity index (χ1v) is 3.97. The van der Waals surface area contributed by atoms with Crippen LogP contribution in [-0.4, -0.2) is 17.7 Å². The fraction of sp³-hybridized carbons (Fsp3) is 0.571. The molecule has 0 radical (unpaired) electrons. The zero-order valence-electron chi connectivity index (χ0n) is 6.12. The van der Waals surface area contributed by atoms with E-state index in [-0.39, 0.29) is 18.5 Å². The number of allylic oxidation sites excluding steroid dienone is 1. The van der Waals surface area contributed by atoms with E-state index in [2.05, 4.69) is 4.52 Å². The lowest BCUT2D eigenvalue weighted by atomic mass is 10.0. The maximum Gasteiger partial charge on any atom is 0.315 e. The summed E-state index contributed by atoms with van der Waals surface area (Å²) in [6.45, 7) is -0.0373. The third kappa shape index (κ3) is 1.79. The van der Waals surface area contributed by atoms with Gasteiger partial charge in [0.1, 0.15) is 0 Å². The van der Waals surface area contributed by atoms with Gasteiger partial charge in [0.25, 0.3) is 0 Å². The second kappa shape index (κ2) is 3.84. The Kier molecular flexibility index (Phi) is 3.03. The van der Waals surface area contributed by atoms with E-state index in [0.717, 1.165) is 18.4 Å². The van der Waals surface area contributed by atoms with Gasteiger partial charge in [0, 0.05) is 0 Å². The summed E-state index contributed by atoms with van der Waals surface area (Å²) in [4.78, 5) is 11.0. The molecule has 1 unspecified atom stereocenters. The highest BCUT2D eigenvalue weighted by Gasteiger charge is 2.26. The van der Waals surface area contributed by atoms with E-state index in [1.54, 1.807) is 0 Å². The van der Waals surface area contributed by atoms with Crippen molar-refractivity contribution in [3.8, 4) is 0 Å². The molecule has 3 nitrogen and oxygen atoms in total.